The van der Waals surface area contributed by atoms with Gasteiger partial charge in [-0.05, 0) is 63.3 Å². The van der Waals surface area contributed by atoms with Gasteiger partial charge in [0, 0.05) is 25.2 Å². The number of carbonyl (C=O) groups is 1. The molecule has 1 N–H and O–H groups in total. The van der Waals surface area contributed by atoms with Crippen LogP contribution in [0.3, 0.4) is 0 Å². The number of nitrogens with one attached hydrogen (secondary N) is 1. The van der Waals surface area contributed by atoms with Gasteiger partial charge in [-0.15, -0.1) is 0 Å². The number of benzene rings is 1. The summed E-state index contributed by atoms with van der Waals surface area (Å²) in [4.78, 5) is 13.7. The molecule has 0 saturated heterocycles. The number of hydrogen-bond acceptors (Lipinski definition) is 5. The van der Waals surface area contributed by atoms with Crippen molar-refractivity contribution in [2.24, 2.45) is 0 Å². The van der Waals surface area contributed by atoms with Crippen LogP contribution in [0.15, 0.2) is 39.6 Å². The zero-order valence-corrected chi connectivity index (χ0v) is 16.7. The minimum absolute atomic E-state index is 0.0427. The summed E-state index contributed by atoms with van der Waals surface area (Å²) in [5, 5.41) is 2.78. The van der Waals surface area contributed by atoms with Crippen molar-refractivity contribution in [3.63, 3.8) is 0 Å². The number of fused-ring (bicyclic) bond motifs is 1. The molecule has 0 unspecified atom stereocenters. The van der Waals surface area contributed by atoms with Crippen LogP contribution in [0.1, 0.15) is 23.5 Å². The van der Waals surface area contributed by atoms with Gasteiger partial charge in [0.2, 0.25) is 15.9 Å². The highest BCUT2D eigenvalue weighted by atomic mass is 32.2. The van der Waals surface area contributed by atoms with E-state index in [0.29, 0.717) is 37.4 Å². The van der Waals surface area contributed by atoms with Gasteiger partial charge in [-0.2, -0.15) is 4.31 Å². The van der Waals surface area contributed by atoms with E-state index in [1.54, 1.807) is 24.3 Å². The molecule has 0 radical (unpaired) electrons. The fraction of sp³-hybridized carbons (Fsp3) is 0.421. The Morgan fingerprint density at radius 3 is 2.56 bits per heavy atom. The standard InChI is InChI=1S/C19H25N3O4S/c1-14-4-6-16(26-14)13-22(11-10-21(2)3)27(24,25)17-7-8-18-15(12-17)5-9-19(23)20-18/h4,6-8,12H,5,9-11,13H2,1-3H3,(H,20,23). The Morgan fingerprint density at radius 2 is 1.89 bits per heavy atom. The van der Waals surface area contributed by atoms with Gasteiger partial charge in [0.05, 0.1) is 11.4 Å². The van der Waals surface area contributed by atoms with Gasteiger partial charge in [-0.25, -0.2) is 8.42 Å². The second kappa shape index (κ2) is 7.84. The second-order valence-corrected chi connectivity index (χ2v) is 8.96. The number of rotatable bonds is 7. The monoisotopic (exact) mass is 391 g/mol. The van der Waals surface area contributed by atoms with E-state index in [0.717, 1.165) is 11.3 Å². The van der Waals surface area contributed by atoms with E-state index >= 15 is 0 Å². The Hall–Kier alpha value is -2.16. The highest BCUT2D eigenvalue weighted by Gasteiger charge is 2.27. The molecule has 2 heterocycles. The molecule has 0 atom stereocenters. The van der Waals surface area contributed by atoms with Gasteiger partial charge in [0.15, 0.2) is 0 Å². The van der Waals surface area contributed by atoms with Gasteiger partial charge >= 0.3 is 0 Å². The third kappa shape index (κ3) is 4.58. The second-order valence-electron chi connectivity index (χ2n) is 7.02. The third-order valence-electron chi connectivity index (χ3n) is 4.53. The molecule has 1 amide bonds. The highest BCUT2D eigenvalue weighted by Crippen LogP contribution is 2.27. The van der Waals surface area contributed by atoms with Gasteiger partial charge in [0.25, 0.3) is 0 Å². The van der Waals surface area contributed by atoms with Crippen molar-refractivity contribution < 1.29 is 17.6 Å². The normalized spacial score (nSPS) is 14.5. The van der Waals surface area contributed by atoms with Crippen LogP contribution in [0, 0.1) is 6.92 Å². The number of hydrogen-bond donors (Lipinski definition) is 1. The Morgan fingerprint density at radius 1 is 1.11 bits per heavy atom. The first kappa shape index (κ1) is 19.6. The van der Waals surface area contributed by atoms with E-state index in [2.05, 4.69) is 5.32 Å². The maximum Gasteiger partial charge on any atom is 0.243 e. The molecule has 27 heavy (non-hydrogen) atoms. The SMILES string of the molecule is Cc1ccc(CN(CCN(C)C)S(=O)(=O)c2ccc3c(c2)CCC(=O)N3)o1. The lowest BCUT2D eigenvalue weighted by Gasteiger charge is -2.24. The van der Waals surface area contributed by atoms with Crippen molar-refractivity contribution >= 4 is 21.6 Å². The van der Waals surface area contributed by atoms with Gasteiger partial charge < -0.3 is 14.6 Å². The molecule has 1 aliphatic rings. The first-order valence-electron chi connectivity index (χ1n) is 8.88. The van der Waals surface area contributed by atoms with Gasteiger partial charge in [-0.3, -0.25) is 4.79 Å². The van der Waals surface area contributed by atoms with Crippen molar-refractivity contribution in [3.05, 3.63) is 47.4 Å². The quantitative estimate of drug-likeness (QED) is 0.783. The number of aryl methyl sites for hydroxylation is 2. The lowest BCUT2D eigenvalue weighted by molar-refractivity contribution is -0.116. The van der Waals surface area contributed by atoms with Crippen molar-refractivity contribution in [1.82, 2.24) is 9.21 Å². The Balaban J connectivity index is 1.90. The van der Waals surface area contributed by atoms with Crippen LogP contribution in [0.4, 0.5) is 5.69 Å². The van der Waals surface area contributed by atoms with E-state index in [1.807, 2.05) is 32.0 Å². The molecule has 0 spiro atoms. The minimum Gasteiger partial charge on any atom is -0.465 e. The summed E-state index contributed by atoms with van der Waals surface area (Å²) >= 11 is 0. The van der Waals surface area contributed by atoms with Crippen molar-refractivity contribution in [2.75, 3.05) is 32.5 Å². The van der Waals surface area contributed by atoms with Crippen LogP contribution in [-0.2, 0) is 27.8 Å². The Bertz CT molecular complexity index is 934. The molecule has 1 aliphatic heterocycles. The van der Waals surface area contributed by atoms with E-state index in [-0.39, 0.29) is 17.3 Å². The van der Waals surface area contributed by atoms with Crippen LogP contribution >= 0.6 is 0 Å². The molecule has 7 nitrogen and oxygen atoms in total. The molecule has 0 saturated carbocycles. The van der Waals surface area contributed by atoms with E-state index in [9.17, 15) is 13.2 Å². The van der Waals surface area contributed by atoms with E-state index in [4.69, 9.17) is 4.42 Å². The van der Waals surface area contributed by atoms with Crippen molar-refractivity contribution in [1.29, 1.82) is 0 Å². The zero-order chi connectivity index (χ0) is 19.6. The average Bonchev–Trinajstić information content (AvgIpc) is 3.02. The molecular formula is C19H25N3O4S. The lowest BCUT2D eigenvalue weighted by Crippen LogP contribution is -2.36. The topological polar surface area (TPSA) is 82.9 Å². The molecule has 2 aromatic rings. The maximum atomic E-state index is 13.3. The summed E-state index contributed by atoms with van der Waals surface area (Å²) in [6, 6.07) is 8.51. The van der Waals surface area contributed by atoms with Crippen LogP contribution in [0.2, 0.25) is 0 Å². The minimum atomic E-state index is -3.70. The van der Waals surface area contributed by atoms with Crippen molar-refractivity contribution in [2.45, 2.75) is 31.2 Å². The van der Waals surface area contributed by atoms with Crippen LogP contribution in [0.5, 0.6) is 0 Å². The predicted molar refractivity (Wildman–Crippen MR) is 103 cm³/mol. The smallest absolute Gasteiger partial charge is 0.243 e. The first-order valence-corrected chi connectivity index (χ1v) is 10.3. The summed E-state index contributed by atoms with van der Waals surface area (Å²) in [6.45, 7) is 2.96. The molecule has 0 bridgehead atoms. The van der Waals surface area contributed by atoms with E-state index in [1.165, 1.54) is 4.31 Å². The number of nitrogens with zero attached hydrogens (tertiary/aromatic N) is 2. The van der Waals surface area contributed by atoms with Crippen molar-refractivity contribution in [3.8, 4) is 0 Å². The molecule has 1 aromatic heterocycles. The Kier molecular flexibility index (Phi) is 5.69. The van der Waals surface area contributed by atoms with Crippen LogP contribution in [-0.4, -0.2) is 50.7 Å². The van der Waals surface area contributed by atoms with Crippen LogP contribution in [0.25, 0.3) is 0 Å². The fourth-order valence-electron chi connectivity index (χ4n) is 3.01. The summed E-state index contributed by atoms with van der Waals surface area (Å²) in [5.41, 5.74) is 1.53. The number of amides is 1. The third-order valence-corrected chi connectivity index (χ3v) is 6.38. The van der Waals surface area contributed by atoms with Crippen LogP contribution < -0.4 is 5.32 Å². The summed E-state index contributed by atoms with van der Waals surface area (Å²) < 4.78 is 33.6. The maximum absolute atomic E-state index is 13.3. The molecule has 146 valence electrons. The number of anilines is 1. The number of sulfonamides is 1. The molecule has 3 rings (SSSR count). The number of furan rings is 1. The fourth-order valence-corrected chi connectivity index (χ4v) is 4.46. The number of likely N-dealkylation sites (N-methyl/N-ethyl adjacent to an activating group) is 1. The van der Waals surface area contributed by atoms with Gasteiger partial charge in [0.1, 0.15) is 11.5 Å². The molecule has 1 aromatic carbocycles. The largest absolute Gasteiger partial charge is 0.465 e. The lowest BCUT2D eigenvalue weighted by atomic mass is 10.0. The van der Waals surface area contributed by atoms with Gasteiger partial charge in [-0.1, -0.05) is 0 Å². The Labute approximate surface area is 160 Å². The summed E-state index contributed by atoms with van der Waals surface area (Å²) in [7, 11) is 0.114. The number of carbonyl (C=O) groups excluding carboxylic acids is 1. The first-order chi connectivity index (χ1) is 12.8. The molecule has 0 fully saturated rings. The molecular weight excluding hydrogens is 366 g/mol. The zero-order valence-electron chi connectivity index (χ0n) is 15.9. The summed E-state index contributed by atoms with van der Waals surface area (Å²) in [5.74, 6) is 1.32. The molecule has 8 heteroatoms. The van der Waals surface area contributed by atoms with E-state index < -0.39 is 10.0 Å². The predicted octanol–water partition coefficient (Wildman–Crippen LogP) is 2.23. The highest BCUT2D eigenvalue weighted by molar-refractivity contribution is 7.89. The molecule has 0 aliphatic carbocycles. The average molecular weight is 391 g/mol. The summed E-state index contributed by atoms with van der Waals surface area (Å²) in [6.07, 6.45) is 0.909.